The Labute approximate surface area is 154 Å². The number of carbonyl (C=O) groups is 1. The summed E-state index contributed by atoms with van der Waals surface area (Å²) >= 11 is 0. The molecule has 0 fully saturated rings. The van der Waals surface area contributed by atoms with Crippen LogP contribution in [0.3, 0.4) is 0 Å². The van der Waals surface area contributed by atoms with E-state index in [0.29, 0.717) is 24.9 Å². The van der Waals surface area contributed by atoms with Crippen molar-refractivity contribution in [2.45, 2.75) is 24.8 Å². The molecule has 6 nitrogen and oxygen atoms in total. The molecule has 2 aliphatic heterocycles. The molecule has 0 saturated heterocycles. The minimum atomic E-state index is -0.153. The van der Waals surface area contributed by atoms with E-state index in [2.05, 4.69) is 47.0 Å². The second kappa shape index (κ2) is 7.02. The van der Waals surface area contributed by atoms with Gasteiger partial charge < -0.3 is 10.4 Å². The van der Waals surface area contributed by atoms with Crippen LogP contribution in [-0.4, -0.2) is 67.3 Å². The van der Waals surface area contributed by atoms with E-state index in [1.165, 1.54) is 22.4 Å². The maximum atomic E-state index is 12.9. The van der Waals surface area contributed by atoms with Crippen LogP contribution in [0, 0.1) is 5.92 Å². The third-order valence-corrected chi connectivity index (χ3v) is 5.96. The van der Waals surface area contributed by atoms with E-state index in [9.17, 15) is 4.79 Å². The molecule has 3 atom stereocenters. The van der Waals surface area contributed by atoms with Gasteiger partial charge in [0.05, 0.1) is 5.92 Å². The van der Waals surface area contributed by atoms with E-state index in [4.69, 9.17) is 5.11 Å². The summed E-state index contributed by atoms with van der Waals surface area (Å²) in [5.74, 6) is 0.495. The predicted molar refractivity (Wildman–Crippen MR) is 103 cm³/mol. The van der Waals surface area contributed by atoms with Crippen LogP contribution in [0.15, 0.2) is 24.3 Å². The number of hydrogen-bond donors (Lipinski definition) is 3. The number of rotatable bonds is 5. The molecule has 1 amide bonds. The zero-order valence-corrected chi connectivity index (χ0v) is 15.5. The lowest BCUT2D eigenvalue weighted by molar-refractivity contribution is -0.136. The highest BCUT2D eigenvalue weighted by molar-refractivity contribution is 5.87. The van der Waals surface area contributed by atoms with Gasteiger partial charge in [-0.1, -0.05) is 18.2 Å². The molecule has 6 heteroatoms. The van der Waals surface area contributed by atoms with Gasteiger partial charge in [-0.2, -0.15) is 0 Å². The summed E-state index contributed by atoms with van der Waals surface area (Å²) in [4.78, 5) is 15.2. The van der Waals surface area contributed by atoms with Crippen LogP contribution in [0.1, 0.15) is 29.9 Å². The molecule has 3 aliphatic rings. The average Bonchev–Trinajstić information content (AvgIpc) is 3.06. The molecule has 2 heterocycles. The third-order valence-electron chi connectivity index (χ3n) is 5.96. The zero-order valence-electron chi connectivity index (χ0n) is 15.5. The summed E-state index contributed by atoms with van der Waals surface area (Å²) in [6.45, 7) is 2.49. The maximum absolute atomic E-state index is 12.9. The Kier molecular flexibility index (Phi) is 4.73. The predicted octanol–water partition coefficient (Wildman–Crippen LogP) is 1.26. The molecule has 1 unspecified atom stereocenters. The number of likely N-dealkylation sites (N-methyl/N-ethyl adjacent to an activating group) is 1. The second-order valence-corrected chi connectivity index (χ2v) is 7.65. The second-order valence-electron chi connectivity index (χ2n) is 7.65. The van der Waals surface area contributed by atoms with Crippen molar-refractivity contribution in [3.05, 3.63) is 35.4 Å². The molecule has 0 bridgehead atoms. The fraction of sp³-hybridized carbons (Fsp3) is 0.550. The molecule has 1 aromatic rings. The lowest BCUT2D eigenvalue weighted by atomic mass is 9.74. The lowest BCUT2D eigenvalue weighted by Crippen LogP contribution is -2.50. The van der Waals surface area contributed by atoms with Crippen LogP contribution >= 0.6 is 0 Å². The van der Waals surface area contributed by atoms with E-state index in [-0.39, 0.29) is 18.4 Å². The number of hydrogen-bond acceptors (Lipinski definition) is 5. The van der Waals surface area contributed by atoms with Crippen LogP contribution in [0.2, 0.25) is 0 Å². The van der Waals surface area contributed by atoms with Crippen molar-refractivity contribution in [3.63, 3.8) is 0 Å². The summed E-state index contributed by atoms with van der Waals surface area (Å²) < 4.78 is 0. The Bertz CT molecular complexity index is 733. The minimum Gasteiger partial charge on any atom is -0.396 e. The Morgan fingerprint density at radius 3 is 3.12 bits per heavy atom. The highest BCUT2D eigenvalue weighted by Gasteiger charge is 2.41. The number of nitrogens with one attached hydrogen (secondary N) is 2. The van der Waals surface area contributed by atoms with Gasteiger partial charge in [0.1, 0.15) is 0 Å². The number of hydrazine groups is 1. The van der Waals surface area contributed by atoms with Crippen LogP contribution in [0.25, 0.3) is 5.57 Å². The first-order chi connectivity index (χ1) is 12.6. The molecule has 140 valence electrons. The number of carbonyl (C=O) groups excluding carboxylic acids is 1. The maximum Gasteiger partial charge on any atom is 0.244 e. The van der Waals surface area contributed by atoms with Crippen LogP contribution in [0.5, 0.6) is 0 Å². The summed E-state index contributed by atoms with van der Waals surface area (Å²) in [5.41, 5.74) is 8.39. The molecule has 4 rings (SSSR count). The molecule has 1 aromatic carbocycles. The summed E-state index contributed by atoms with van der Waals surface area (Å²) in [7, 11) is 3.90. The first-order valence-corrected chi connectivity index (χ1v) is 9.51. The van der Waals surface area contributed by atoms with Crippen molar-refractivity contribution in [1.82, 2.24) is 15.3 Å². The molecule has 0 aromatic heterocycles. The van der Waals surface area contributed by atoms with Gasteiger partial charge in [-0.15, -0.1) is 0 Å². The van der Waals surface area contributed by atoms with Crippen molar-refractivity contribution in [2.24, 2.45) is 5.92 Å². The van der Waals surface area contributed by atoms with E-state index in [1.807, 2.05) is 0 Å². The number of fused-ring (bicyclic) bond motifs is 2. The summed E-state index contributed by atoms with van der Waals surface area (Å²) in [6.07, 6.45) is 3.95. The number of benzene rings is 1. The molecular formula is C20H28N4O2. The Hall–Kier alpha value is -1.89. The topological polar surface area (TPSA) is 67.8 Å². The van der Waals surface area contributed by atoms with Crippen molar-refractivity contribution in [1.29, 1.82) is 0 Å². The van der Waals surface area contributed by atoms with Crippen LogP contribution in [-0.2, 0) is 4.79 Å². The number of amides is 1. The van der Waals surface area contributed by atoms with Gasteiger partial charge in [0, 0.05) is 50.9 Å². The van der Waals surface area contributed by atoms with E-state index in [0.717, 1.165) is 19.5 Å². The van der Waals surface area contributed by atoms with Gasteiger partial charge in [0.2, 0.25) is 5.91 Å². The van der Waals surface area contributed by atoms with Gasteiger partial charge in [0.15, 0.2) is 0 Å². The summed E-state index contributed by atoms with van der Waals surface area (Å²) in [5, 5.41) is 14.0. The number of nitrogens with zero attached hydrogens (tertiary/aromatic N) is 2. The minimum absolute atomic E-state index is 0.0774. The van der Waals surface area contributed by atoms with Crippen LogP contribution < -0.4 is 10.7 Å². The van der Waals surface area contributed by atoms with E-state index < -0.39 is 0 Å². The standard InChI is InChI=1S/C20H28N4O2/c1-23-12-14(20(26)24(2)22-7-4-8-25)9-16-15-5-3-6-17-19(15)13(11-21-17)10-18(16)23/h3,5-6,9,13-14,18,21-22,25H,4,7-8,10-12H2,1-2H3/t13?,14-,18-/m1/s1. The van der Waals surface area contributed by atoms with Gasteiger partial charge >= 0.3 is 0 Å². The molecular weight excluding hydrogens is 328 g/mol. The molecule has 26 heavy (non-hydrogen) atoms. The smallest absolute Gasteiger partial charge is 0.244 e. The van der Waals surface area contributed by atoms with Gasteiger partial charge in [-0.05, 0) is 42.7 Å². The molecule has 3 N–H and O–H groups in total. The SMILES string of the molecule is CN(NCCCO)C(=O)[C@@H]1C=C2c3cccc4c3C(CN4)C[C@H]2N(C)C1. The highest BCUT2D eigenvalue weighted by Crippen LogP contribution is 2.48. The Balaban J connectivity index is 1.61. The average molecular weight is 356 g/mol. The fourth-order valence-corrected chi connectivity index (χ4v) is 4.65. The Morgan fingerprint density at radius 2 is 2.31 bits per heavy atom. The monoisotopic (exact) mass is 356 g/mol. The van der Waals surface area contributed by atoms with Gasteiger partial charge in [0.25, 0.3) is 0 Å². The number of aliphatic hydroxyl groups excluding tert-OH is 1. The number of aliphatic hydroxyl groups is 1. The highest BCUT2D eigenvalue weighted by atomic mass is 16.3. The van der Waals surface area contributed by atoms with Crippen molar-refractivity contribution in [3.8, 4) is 0 Å². The molecule has 0 radical (unpaired) electrons. The van der Waals surface area contributed by atoms with Gasteiger partial charge in [-0.25, -0.2) is 5.43 Å². The lowest BCUT2D eigenvalue weighted by Gasteiger charge is -2.42. The molecule has 1 aliphatic carbocycles. The fourth-order valence-electron chi connectivity index (χ4n) is 4.65. The normalized spacial score (nSPS) is 26.6. The van der Waals surface area contributed by atoms with Crippen molar-refractivity contribution >= 4 is 17.2 Å². The zero-order chi connectivity index (χ0) is 18.3. The van der Waals surface area contributed by atoms with Crippen molar-refractivity contribution < 1.29 is 9.90 Å². The third kappa shape index (κ3) is 2.92. The van der Waals surface area contributed by atoms with Gasteiger partial charge in [-0.3, -0.25) is 14.7 Å². The summed E-state index contributed by atoms with van der Waals surface area (Å²) in [6, 6.07) is 6.87. The van der Waals surface area contributed by atoms with Crippen molar-refractivity contribution in [2.75, 3.05) is 45.7 Å². The first kappa shape index (κ1) is 17.5. The van der Waals surface area contributed by atoms with E-state index in [1.54, 1.807) is 12.1 Å². The first-order valence-electron chi connectivity index (χ1n) is 9.51. The van der Waals surface area contributed by atoms with Crippen LogP contribution in [0.4, 0.5) is 5.69 Å². The Morgan fingerprint density at radius 1 is 1.46 bits per heavy atom. The number of anilines is 1. The molecule has 0 saturated carbocycles. The largest absolute Gasteiger partial charge is 0.396 e. The van der Waals surface area contributed by atoms with E-state index >= 15 is 0 Å². The quantitative estimate of drug-likeness (QED) is 0.547. The molecule has 0 spiro atoms.